The highest BCUT2D eigenvalue weighted by molar-refractivity contribution is 4.74. The van der Waals surface area contributed by atoms with Crippen LogP contribution in [-0.4, -0.2) is 48.8 Å². The molecule has 1 unspecified atom stereocenters. The third kappa shape index (κ3) is 4.07. The van der Waals surface area contributed by atoms with Crippen molar-refractivity contribution in [1.29, 1.82) is 0 Å². The molecule has 0 spiro atoms. The van der Waals surface area contributed by atoms with E-state index in [4.69, 9.17) is 5.11 Å². The first kappa shape index (κ1) is 11.0. The summed E-state index contributed by atoms with van der Waals surface area (Å²) in [6.45, 7) is 7.01. The number of hydrogen-bond donors (Lipinski definition) is 2. The molecule has 1 rings (SSSR count). The molecule has 1 fully saturated rings. The van der Waals surface area contributed by atoms with Crippen molar-refractivity contribution in [3.05, 3.63) is 0 Å². The van der Waals surface area contributed by atoms with Crippen molar-refractivity contribution in [3.8, 4) is 0 Å². The van der Waals surface area contributed by atoms with Gasteiger partial charge in [0.05, 0.1) is 0 Å². The Kier molecular flexibility index (Phi) is 5.35. The first-order valence-corrected chi connectivity index (χ1v) is 5.43. The Morgan fingerprint density at radius 2 is 2.08 bits per heavy atom. The zero-order chi connectivity index (χ0) is 9.52. The van der Waals surface area contributed by atoms with Crippen LogP contribution >= 0.6 is 0 Å². The fourth-order valence-electron chi connectivity index (χ4n) is 1.98. The Morgan fingerprint density at radius 1 is 1.38 bits per heavy atom. The third-order valence-electron chi connectivity index (χ3n) is 2.65. The first-order chi connectivity index (χ1) is 6.36. The molecule has 0 saturated carbocycles. The van der Waals surface area contributed by atoms with Crippen LogP contribution in [0.15, 0.2) is 0 Å². The minimum atomic E-state index is 0.297. The van der Waals surface area contributed by atoms with Crippen molar-refractivity contribution < 1.29 is 5.11 Å². The molecule has 3 heteroatoms. The zero-order valence-corrected chi connectivity index (χ0v) is 8.63. The van der Waals surface area contributed by atoms with E-state index in [0.29, 0.717) is 12.6 Å². The number of likely N-dealkylation sites (tertiary alicyclic amines) is 1. The van der Waals surface area contributed by atoms with Gasteiger partial charge in [0, 0.05) is 19.2 Å². The Balaban J connectivity index is 2.19. The molecule has 1 heterocycles. The first-order valence-electron chi connectivity index (χ1n) is 5.43. The number of aliphatic hydroxyl groups excluding tert-OH is 1. The van der Waals surface area contributed by atoms with E-state index in [1.807, 2.05) is 0 Å². The van der Waals surface area contributed by atoms with Crippen LogP contribution in [0.4, 0.5) is 0 Å². The zero-order valence-electron chi connectivity index (χ0n) is 8.63. The summed E-state index contributed by atoms with van der Waals surface area (Å²) in [5, 5.41) is 12.3. The number of rotatable bonds is 6. The maximum absolute atomic E-state index is 8.88. The maximum atomic E-state index is 8.88. The van der Waals surface area contributed by atoms with Crippen molar-refractivity contribution in [2.75, 3.05) is 32.8 Å². The Morgan fingerprint density at radius 3 is 2.62 bits per heavy atom. The fourth-order valence-corrected chi connectivity index (χ4v) is 1.98. The van der Waals surface area contributed by atoms with Gasteiger partial charge in [-0.3, -0.25) is 0 Å². The molecule has 1 aliphatic rings. The molecule has 1 saturated heterocycles. The monoisotopic (exact) mass is 186 g/mol. The van der Waals surface area contributed by atoms with E-state index in [2.05, 4.69) is 17.1 Å². The summed E-state index contributed by atoms with van der Waals surface area (Å²) in [6.07, 6.45) is 3.57. The summed E-state index contributed by atoms with van der Waals surface area (Å²) >= 11 is 0. The van der Waals surface area contributed by atoms with Gasteiger partial charge in [-0.15, -0.1) is 0 Å². The number of likely N-dealkylation sites (N-methyl/N-ethyl adjacent to an activating group) is 1. The summed E-state index contributed by atoms with van der Waals surface area (Å²) in [7, 11) is 0. The van der Waals surface area contributed by atoms with Gasteiger partial charge in [-0.2, -0.15) is 0 Å². The summed E-state index contributed by atoms with van der Waals surface area (Å²) in [4.78, 5) is 2.49. The van der Waals surface area contributed by atoms with Gasteiger partial charge in [-0.1, -0.05) is 6.92 Å². The number of hydrogen-bond acceptors (Lipinski definition) is 3. The minimum Gasteiger partial charge on any atom is -0.396 e. The highest BCUT2D eigenvalue weighted by Gasteiger charge is 2.15. The van der Waals surface area contributed by atoms with Gasteiger partial charge in [0.15, 0.2) is 0 Å². The third-order valence-corrected chi connectivity index (χ3v) is 2.65. The van der Waals surface area contributed by atoms with Crippen molar-refractivity contribution in [1.82, 2.24) is 10.2 Å². The van der Waals surface area contributed by atoms with Gasteiger partial charge < -0.3 is 15.3 Å². The standard InChI is InChI=1S/C10H22N2O/c1-2-11-10(5-8-13)9-12-6-3-4-7-12/h10-11,13H,2-9H2,1H3. The molecular weight excluding hydrogens is 164 g/mol. The molecule has 1 atom stereocenters. The Labute approximate surface area is 81.1 Å². The molecular formula is C10H22N2O. The average molecular weight is 186 g/mol. The van der Waals surface area contributed by atoms with Gasteiger partial charge in [-0.25, -0.2) is 0 Å². The molecule has 78 valence electrons. The highest BCUT2D eigenvalue weighted by Crippen LogP contribution is 2.08. The number of nitrogens with one attached hydrogen (secondary N) is 1. The van der Waals surface area contributed by atoms with Crippen molar-refractivity contribution in [2.45, 2.75) is 32.2 Å². The molecule has 0 aliphatic carbocycles. The topological polar surface area (TPSA) is 35.5 Å². The summed E-state index contributed by atoms with van der Waals surface area (Å²) < 4.78 is 0. The highest BCUT2D eigenvalue weighted by atomic mass is 16.3. The lowest BCUT2D eigenvalue weighted by atomic mass is 10.2. The smallest absolute Gasteiger partial charge is 0.0446 e. The summed E-state index contributed by atoms with van der Waals surface area (Å²) in [6, 6.07) is 0.480. The van der Waals surface area contributed by atoms with Gasteiger partial charge >= 0.3 is 0 Å². The predicted molar refractivity (Wildman–Crippen MR) is 54.8 cm³/mol. The van der Waals surface area contributed by atoms with Gasteiger partial charge in [0.1, 0.15) is 0 Å². The van der Waals surface area contributed by atoms with Crippen LogP contribution < -0.4 is 5.32 Å². The molecule has 0 aromatic heterocycles. The summed E-state index contributed by atoms with van der Waals surface area (Å²) in [5.41, 5.74) is 0. The lowest BCUT2D eigenvalue weighted by Crippen LogP contribution is -2.40. The lowest BCUT2D eigenvalue weighted by molar-refractivity contribution is 0.230. The van der Waals surface area contributed by atoms with E-state index in [0.717, 1.165) is 19.5 Å². The van der Waals surface area contributed by atoms with Gasteiger partial charge in [0.2, 0.25) is 0 Å². The largest absolute Gasteiger partial charge is 0.396 e. The molecule has 0 aromatic rings. The summed E-state index contributed by atoms with van der Waals surface area (Å²) in [5.74, 6) is 0. The van der Waals surface area contributed by atoms with Crippen LogP contribution in [0.2, 0.25) is 0 Å². The lowest BCUT2D eigenvalue weighted by Gasteiger charge is -2.23. The van der Waals surface area contributed by atoms with Gasteiger partial charge in [-0.05, 0) is 38.9 Å². The number of aliphatic hydroxyl groups is 1. The maximum Gasteiger partial charge on any atom is 0.0446 e. The predicted octanol–water partition coefficient (Wildman–Crippen LogP) is 0.443. The average Bonchev–Trinajstić information content (AvgIpc) is 2.58. The Bertz CT molecular complexity index is 118. The SMILES string of the molecule is CCNC(CCO)CN1CCCC1. The van der Waals surface area contributed by atoms with Crippen LogP contribution in [0.3, 0.4) is 0 Å². The van der Waals surface area contributed by atoms with Crippen LogP contribution in [0.25, 0.3) is 0 Å². The van der Waals surface area contributed by atoms with E-state index in [1.54, 1.807) is 0 Å². The van der Waals surface area contributed by atoms with Gasteiger partial charge in [0.25, 0.3) is 0 Å². The molecule has 1 aliphatic heterocycles. The van der Waals surface area contributed by atoms with E-state index in [1.165, 1.54) is 25.9 Å². The minimum absolute atomic E-state index is 0.297. The van der Waals surface area contributed by atoms with Crippen LogP contribution in [0.1, 0.15) is 26.2 Å². The normalized spacial score (nSPS) is 20.8. The van der Waals surface area contributed by atoms with Crippen LogP contribution in [0, 0.1) is 0 Å². The molecule has 0 radical (unpaired) electrons. The van der Waals surface area contributed by atoms with Crippen LogP contribution in [-0.2, 0) is 0 Å². The van der Waals surface area contributed by atoms with E-state index >= 15 is 0 Å². The van der Waals surface area contributed by atoms with Crippen LogP contribution in [0.5, 0.6) is 0 Å². The molecule has 3 nitrogen and oxygen atoms in total. The van der Waals surface area contributed by atoms with Crippen molar-refractivity contribution in [2.24, 2.45) is 0 Å². The van der Waals surface area contributed by atoms with Crippen molar-refractivity contribution in [3.63, 3.8) is 0 Å². The quantitative estimate of drug-likeness (QED) is 0.632. The Hall–Kier alpha value is -0.120. The molecule has 2 N–H and O–H groups in total. The van der Waals surface area contributed by atoms with E-state index in [-0.39, 0.29) is 0 Å². The second-order valence-corrected chi connectivity index (χ2v) is 3.77. The molecule has 0 bridgehead atoms. The van der Waals surface area contributed by atoms with Crippen molar-refractivity contribution >= 4 is 0 Å². The van der Waals surface area contributed by atoms with E-state index < -0.39 is 0 Å². The molecule has 0 aromatic carbocycles. The number of nitrogens with zero attached hydrogens (tertiary/aromatic N) is 1. The molecule has 13 heavy (non-hydrogen) atoms. The fraction of sp³-hybridized carbons (Fsp3) is 1.00. The van der Waals surface area contributed by atoms with E-state index in [9.17, 15) is 0 Å². The second kappa shape index (κ2) is 6.35. The second-order valence-electron chi connectivity index (χ2n) is 3.77. The molecule has 0 amide bonds.